The van der Waals surface area contributed by atoms with Gasteiger partial charge in [0.25, 0.3) is 0 Å². The number of anilines is 3. The van der Waals surface area contributed by atoms with E-state index in [2.05, 4.69) is 24.1 Å². The van der Waals surface area contributed by atoms with Gasteiger partial charge in [0.2, 0.25) is 5.91 Å². The first kappa shape index (κ1) is 16.6. The molecule has 0 spiro atoms. The van der Waals surface area contributed by atoms with Crippen molar-refractivity contribution in [2.75, 3.05) is 29.0 Å². The molecule has 1 amide bonds. The molecule has 120 valence electrons. The van der Waals surface area contributed by atoms with Gasteiger partial charge >= 0.3 is 0 Å². The lowest BCUT2D eigenvalue weighted by Crippen LogP contribution is -2.24. The maximum absolute atomic E-state index is 12.2. The van der Waals surface area contributed by atoms with Crippen LogP contribution in [0.15, 0.2) is 54.6 Å². The fraction of sp³-hybridized carbons (Fsp3) is 0.211. The zero-order valence-electron chi connectivity index (χ0n) is 13.6. The Morgan fingerprint density at radius 1 is 1.13 bits per heavy atom. The molecule has 4 nitrogen and oxygen atoms in total. The first-order valence-corrected chi connectivity index (χ1v) is 7.82. The van der Waals surface area contributed by atoms with Crippen molar-refractivity contribution in [2.24, 2.45) is 0 Å². The lowest BCUT2D eigenvalue weighted by Gasteiger charge is -2.24. The van der Waals surface area contributed by atoms with Crippen molar-refractivity contribution in [1.82, 2.24) is 0 Å². The lowest BCUT2D eigenvalue weighted by atomic mass is 10.2. The fourth-order valence-electron chi connectivity index (χ4n) is 2.40. The lowest BCUT2D eigenvalue weighted by molar-refractivity contribution is -0.111. The Bertz CT molecular complexity index is 676. The van der Waals surface area contributed by atoms with Crippen molar-refractivity contribution in [3.05, 3.63) is 60.2 Å². The van der Waals surface area contributed by atoms with Gasteiger partial charge in [-0.05, 0) is 43.7 Å². The molecule has 3 N–H and O–H groups in total. The molecular formula is C19H23N3O. The maximum Gasteiger partial charge on any atom is 0.248 e. The Labute approximate surface area is 137 Å². The van der Waals surface area contributed by atoms with E-state index in [-0.39, 0.29) is 5.91 Å². The quantitative estimate of drug-likeness (QED) is 0.631. The Kier molecular flexibility index (Phi) is 5.80. The predicted octanol–water partition coefficient (Wildman–Crippen LogP) is 3.77. The highest BCUT2D eigenvalue weighted by Gasteiger charge is 2.10. The smallest absolute Gasteiger partial charge is 0.248 e. The van der Waals surface area contributed by atoms with Crippen LogP contribution >= 0.6 is 0 Å². The molecule has 0 bridgehead atoms. The van der Waals surface area contributed by atoms with E-state index in [1.165, 1.54) is 6.08 Å². The Balaban J connectivity index is 2.17. The number of nitrogens with two attached hydrogens (primary N) is 1. The molecule has 23 heavy (non-hydrogen) atoms. The second-order valence-electron chi connectivity index (χ2n) is 5.18. The molecule has 0 unspecified atom stereocenters. The number of amides is 1. The summed E-state index contributed by atoms with van der Waals surface area (Å²) in [4.78, 5) is 14.4. The van der Waals surface area contributed by atoms with Crippen molar-refractivity contribution in [3.8, 4) is 0 Å². The van der Waals surface area contributed by atoms with Crippen LogP contribution in [0.4, 0.5) is 17.1 Å². The molecule has 2 aromatic carbocycles. The number of nitrogens with one attached hydrogen (secondary N) is 1. The largest absolute Gasteiger partial charge is 0.399 e. The van der Waals surface area contributed by atoms with E-state index < -0.39 is 0 Å². The topological polar surface area (TPSA) is 58.4 Å². The Morgan fingerprint density at radius 3 is 2.48 bits per heavy atom. The monoisotopic (exact) mass is 309 g/mol. The van der Waals surface area contributed by atoms with Crippen molar-refractivity contribution in [2.45, 2.75) is 13.8 Å². The van der Waals surface area contributed by atoms with Gasteiger partial charge in [-0.2, -0.15) is 0 Å². The molecule has 0 radical (unpaired) electrons. The van der Waals surface area contributed by atoms with Crippen LogP contribution in [0.5, 0.6) is 0 Å². The van der Waals surface area contributed by atoms with Gasteiger partial charge in [0, 0.05) is 24.9 Å². The van der Waals surface area contributed by atoms with Crippen molar-refractivity contribution in [3.63, 3.8) is 0 Å². The van der Waals surface area contributed by atoms with Crippen LogP contribution < -0.4 is 16.0 Å². The van der Waals surface area contributed by atoms with E-state index in [0.29, 0.717) is 5.69 Å². The van der Waals surface area contributed by atoms with E-state index >= 15 is 0 Å². The standard InChI is InChI=1S/C19H23N3O/c1-3-22(4-2)18-12-11-16(20)14-17(18)21-19(23)13-10-15-8-6-5-7-9-15/h5-14H,3-4,20H2,1-2H3,(H,21,23)/b13-10+. The summed E-state index contributed by atoms with van der Waals surface area (Å²) in [6.07, 6.45) is 3.32. The molecule has 0 aliphatic rings. The van der Waals surface area contributed by atoms with Gasteiger partial charge in [0.05, 0.1) is 11.4 Å². The van der Waals surface area contributed by atoms with E-state index in [1.54, 1.807) is 12.1 Å². The predicted molar refractivity (Wildman–Crippen MR) is 98.5 cm³/mol. The number of carbonyl (C=O) groups excluding carboxylic acids is 1. The number of nitrogen functional groups attached to an aromatic ring is 1. The van der Waals surface area contributed by atoms with Gasteiger partial charge in [0.15, 0.2) is 0 Å². The van der Waals surface area contributed by atoms with Gasteiger partial charge in [-0.15, -0.1) is 0 Å². The van der Waals surface area contributed by atoms with Crippen molar-refractivity contribution >= 4 is 29.0 Å². The molecule has 0 saturated heterocycles. The summed E-state index contributed by atoms with van der Waals surface area (Å²) in [6, 6.07) is 15.3. The summed E-state index contributed by atoms with van der Waals surface area (Å²) in [5.74, 6) is -0.173. The minimum absolute atomic E-state index is 0.173. The molecule has 0 saturated carbocycles. The summed E-state index contributed by atoms with van der Waals surface area (Å²) in [6.45, 7) is 5.90. The van der Waals surface area contributed by atoms with Gasteiger partial charge in [-0.1, -0.05) is 30.3 Å². The zero-order valence-corrected chi connectivity index (χ0v) is 13.6. The second-order valence-corrected chi connectivity index (χ2v) is 5.18. The van der Waals surface area contributed by atoms with Crippen molar-refractivity contribution in [1.29, 1.82) is 0 Å². The molecule has 0 aliphatic carbocycles. The maximum atomic E-state index is 12.2. The van der Waals surface area contributed by atoms with Crippen LogP contribution in [0.3, 0.4) is 0 Å². The normalized spacial score (nSPS) is 10.7. The van der Waals surface area contributed by atoms with Crippen molar-refractivity contribution < 1.29 is 4.79 Å². The molecule has 0 atom stereocenters. The summed E-state index contributed by atoms with van der Waals surface area (Å²) in [5.41, 5.74) is 9.19. The van der Waals surface area contributed by atoms with E-state index in [1.807, 2.05) is 42.5 Å². The third kappa shape index (κ3) is 4.61. The number of rotatable bonds is 6. The molecule has 4 heteroatoms. The minimum atomic E-state index is -0.173. The molecule has 0 aliphatic heterocycles. The first-order chi connectivity index (χ1) is 11.1. The van der Waals surface area contributed by atoms with Gasteiger partial charge in [0.1, 0.15) is 0 Å². The Hall–Kier alpha value is -2.75. The molecular weight excluding hydrogens is 286 g/mol. The third-order valence-electron chi connectivity index (χ3n) is 3.61. The number of hydrogen-bond acceptors (Lipinski definition) is 3. The zero-order chi connectivity index (χ0) is 16.7. The highest BCUT2D eigenvalue weighted by atomic mass is 16.1. The second kappa shape index (κ2) is 8.03. The summed E-state index contributed by atoms with van der Waals surface area (Å²) in [7, 11) is 0. The number of benzene rings is 2. The molecule has 0 fully saturated rings. The molecule has 0 aromatic heterocycles. The third-order valence-corrected chi connectivity index (χ3v) is 3.61. The van der Waals surface area contributed by atoms with E-state index in [9.17, 15) is 4.79 Å². The molecule has 0 heterocycles. The minimum Gasteiger partial charge on any atom is -0.399 e. The van der Waals surface area contributed by atoms with E-state index in [0.717, 1.165) is 30.0 Å². The fourth-order valence-corrected chi connectivity index (χ4v) is 2.40. The van der Waals surface area contributed by atoms with Gasteiger partial charge in [-0.25, -0.2) is 0 Å². The van der Waals surface area contributed by atoms with Crippen LogP contribution in [0.2, 0.25) is 0 Å². The molecule has 2 rings (SSSR count). The van der Waals surface area contributed by atoms with Crippen LogP contribution in [-0.4, -0.2) is 19.0 Å². The average molecular weight is 309 g/mol. The number of nitrogens with zero attached hydrogens (tertiary/aromatic N) is 1. The summed E-state index contributed by atoms with van der Waals surface area (Å²) < 4.78 is 0. The van der Waals surface area contributed by atoms with Crippen LogP contribution in [0.1, 0.15) is 19.4 Å². The van der Waals surface area contributed by atoms with Gasteiger partial charge in [-0.3, -0.25) is 4.79 Å². The molecule has 2 aromatic rings. The van der Waals surface area contributed by atoms with Crippen LogP contribution in [0, 0.1) is 0 Å². The summed E-state index contributed by atoms with van der Waals surface area (Å²) in [5, 5.41) is 2.92. The summed E-state index contributed by atoms with van der Waals surface area (Å²) >= 11 is 0. The Morgan fingerprint density at radius 2 is 1.83 bits per heavy atom. The highest BCUT2D eigenvalue weighted by molar-refractivity contribution is 6.04. The van der Waals surface area contributed by atoms with E-state index in [4.69, 9.17) is 5.73 Å². The average Bonchev–Trinajstić information content (AvgIpc) is 2.57. The number of hydrogen-bond donors (Lipinski definition) is 2. The SMILES string of the molecule is CCN(CC)c1ccc(N)cc1NC(=O)/C=C/c1ccccc1. The highest BCUT2D eigenvalue weighted by Crippen LogP contribution is 2.28. The number of carbonyl (C=O) groups is 1. The van der Waals surface area contributed by atoms with Crippen LogP contribution in [0.25, 0.3) is 6.08 Å². The van der Waals surface area contributed by atoms with Gasteiger partial charge < -0.3 is 16.0 Å². The van der Waals surface area contributed by atoms with Crippen LogP contribution in [-0.2, 0) is 4.79 Å². The first-order valence-electron chi connectivity index (χ1n) is 7.82.